The Morgan fingerprint density at radius 1 is 1.39 bits per heavy atom. The molecule has 1 aromatic carbocycles. The van der Waals surface area contributed by atoms with Gasteiger partial charge < -0.3 is 10.5 Å². The second-order valence-electron chi connectivity index (χ2n) is 4.27. The van der Waals surface area contributed by atoms with E-state index in [2.05, 4.69) is 0 Å². The molecule has 0 fully saturated rings. The summed E-state index contributed by atoms with van der Waals surface area (Å²) in [6.07, 6.45) is 0.704. The highest BCUT2D eigenvalue weighted by Gasteiger charge is 2.12. The summed E-state index contributed by atoms with van der Waals surface area (Å²) < 4.78 is 18.2. The van der Waals surface area contributed by atoms with E-state index < -0.39 is 0 Å². The van der Waals surface area contributed by atoms with Crippen LogP contribution in [0.5, 0.6) is 5.75 Å². The summed E-state index contributed by atoms with van der Waals surface area (Å²) >= 11 is 1.59. The maximum absolute atomic E-state index is 13.0. The van der Waals surface area contributed by atoms with Gasteiger partial charge in [0, 0.05) is 16.3 Å². The van der Waals surface area contributed by atoms with Gasteiger partial charge in [-0.1, -0.05) is 6.07 Å². The predicted molar refractivity (Wildman–Crippen MR) is 72.6 cm³/mol. The first-order chi connectivity index (χ1) is 8.60. The number of aryl methyl sites for hydroxylation is 1. The van der Waals surface area contributed by atoms with E-state index in [9.17, 15) is 4.39 Å². The summed E-state index contributed by atoms with van der Waals surface area (Å²) in [4.78, 5) is 1.08. The van der Waals surface area contributed by atoms with Gasteiger partial charge in [0.15, 0.2) is 0 Å². The van der Waals surface area contributed by atoms with Crippen LogP contribution in [0.15, 0.2) is 29.6 Å². The lowest BCUT2D eigenvalue weighted by molar-refractivity contribution is 0.416. The largest absolute Gasteiger partial charge is 0.496 e. The molecule has 0 aliphatic carbocycles. The fourth-order valence-electron chi connectivity index (χ4n) is 1.86. The fraction of sp³-hybridized carbons (Fsp3) is 0.286. The van der Waals surface area contributed by atoms with Gasteiger partial charge in [0.05, 0.1) is 7.11 Å². The first kappa shape index (κ1) is 13.1. The molecular formula is C14H16FNOS. The lowest BCUT2D eigenvalue weighted by Gasteiger charge is -2.11. The lowest BCUT2D eigenvalue weighted by Crippen LogP contribution is -2.12. The molecule has 1 atom stereocenters. The van der Waals surface area contributed by atoms with E-state index in [4.69, 9.17) is 10.5 Å². The number of nitrogens with two attached hydrogens (primary N) is 1. The monoisotopic (exact) mass is 265 g/mol. The van der Waals surface area contributed by atoms with Crippen molar-refractivity contribution in [3.8, 4) is 5.75 Å². The van der Waals surface area contributed by atoms with Crippen LogP contribution < -0.4 is 10.5 Å². The SMILES string of the molecule is COc1csc(C(N)Cc2ccc(F)cc2C)c1. The quantitative estimate of drug-likeness (QED) is 0.919. The van der Waals surface area contributed by atoms with Crippen molar-refractivity contribution in [3.63, 3.8) is 0 Å². The molecule has 0 aliphatic heterocycles. The van der Waals surface area contributed by atoms with Crippen LogP contribution in [0.1, 0.15) is 22.0 Å². The van der Waals surface area contributed by atoms with Crippen LogP contribution >= 0.6 is 11.3 Å². The Kier molecular flexibility index (Phi) is 3.99. The number of rotatable bonds is 4. The normalized spacial score (nSPS) is 12.4. The predicted octanol–water partition coefficient (Wildman–Crippen LogP) is 3.45. The fourth-order valence-corrected chi connectivity index (χ4v) is 2.72. The number of ether oxygens (including phenoxy) is 1. The molecule has 2 N–H and O–H groups in total. The zero-order chi connectivity index (χ0) is 13.1. The molecule has 0 aliphatic rings. The van der Waals surface area contributed by atoms with E-state index in [0.717, 1.165) is 21.8 Å². The van der Waals surface area contributed by atoms with Gasteiger partial charge in [0.2, 0.25) is 0 Å². The van der Waals surface area contributed by atoms with Crippen molar-refractivity contribution < 1.29 is 9.13 Å². The minimum Gasteiger partial charge on any atom is -0.496 e. The van der Waals surface area contributed by atoms with Crippen LogP contribution in [-0.2, 0) is 6.42 Å². The number of hydrogen-bond donors (Lipinski definition) is 1. The van der Waals surface area contributed by atoms with E-state index >= 15 is 0 Å². The highest BCUT2D eigenvalue weighted by Crippen LogP contribution is 2.28. The molecule has 0 saturated carbocycles. The van der Waals surface area contributed by atoms with Crippen LogP contribution in [0.25, 0.3) is 0 Å². The van der Waals surface area contributed by atoms with Crippen molar-refractivity contribution in [3.05, 3.63) is 51.5 Å². The number of halogens is 1. The van der Waals surface area contributed by atoms with Gasteiger partial charge in [-0.05, 0) is 42.7 Å². The molecule has 2 nitrogen and oxygen atoms in total. The minimum atomic E-state index is -0.206. The molecule has 1 heterocycles. The molecule has 0 amide bonds. The summed E-state index contributed by atoms with van der Waals surface area (Å²) in [6.45, 7) is 1.90. The standard InChI is InChI=1S/C14H16FNOS/c1-9-5-11(15)4-3-10(9)6-13(16)14-7-12(17-2)8-18-14/h3-5,7-8,13H,6,16H2,1-2H3. The zero-order valence-electron chi connectivity index (χ0n) is 10.4. The van der Waals surface area contributed by atoms with Gasteiger partial charge in [-0.15, -0.1) is 11.3 Å². The second kappa shape index (κ2) is 5.50. The molecule has 0 radical (unpaired) electrons. The van der Waals surface area contributed by atoms with Gasteiger partial charge in [0.25, 0.3) is 0 Å². The number of benzene rings is 1. The van der Waals surface area contributed by atoms with Crippen molar-refractivity contribution >= 4 is 11.3 Å². The summed E-state index contributed by atoms with van der Waals surface area (Å²) in [7, 11) is 1.64. The number of hydrogen-bond acceptors (Lipinski definition) is 3. The highest BCUT2D eigenvalue weighted by molar-refractivity contribution is 7.10. The Hall–Kier alpha value is -1.39. The van der Waals surface area contributed by atoms with Gasteiger partial charge in [-0.2, -0.15) is 0 Å². The lowest BCUT2D eigenvalue weighted by atomic mass is 10.0. The van der Waals surface area contributed by atoms with Crippen LogP contribution in [0.2, 0.25) is 0 Å². The van der Waals surface area contributed by atoms with Gasteiger partial charge in [0.1, 0.15) is 11.6 Å². The highest BCUT2D eigenvalue weighted by atomic mass is 32.1. The van der Waals surface area contributed by atoms with E-state index in [1.54, 1.807) is 24.5 Å². The maximum atomic E-state index is 13.0. The summed E-state index contributed by atoms with van der Waals surface area (Å²) in [5.41, 5.74) is 8.18. The van der Waals surface area contributed by atoms with E-state index in [-0.39, 0.29) is 11.9 Å². The first-order valence-corrected chi connectivity index (χ1v) is 6.61. The van der Waals surface area contributed by atoms with Crippen LogP contribution in [0.4, 0.5) is 4.39 Å². The summed E-state index contributed by atoms with van der Waals surface area (Å²) in [5.74, 6) is 0.629. The molecule has 4 heteroatoms. The summed E-state index contributed by atoms with van der Waals surface area (Å²) in [5, 5.41) is 1.94. The molecule has 2 aromatic rings. The maximum Gasteiger partial charge on any atom is 0.129 e. The van der Waals surface area contributed by atoms with Crippen LogP contribution in [-0.4, -0.2) is 7.11 Å². The summed E-state index contributed by atoms with van der Waals surface area (Å²) in [6, 6.07) is 6.69. The van der Waals surface area contributed by atoms with Crippen molar-refractivity contribution in [2.45, 2.75) is 19.4 Å². The van der Waals surface area contributed by atoms with Gasteiger partial charge in [-0.25, -0.2) is 4.39 Å². The Bertz CT molecular complexity index is 538. The average Bonchev–Trinajstić information content (AvgIpc) is 2.81. The Morgan fingerprint density at radius 3 is 2.78 bits per heavy atom. The minimum absolute atomic E-state index is 0.0805. The van der Waals surface area contributed by atoms with E-state index in [1.165, 1.54) is 12.1 Å². The van der Waals surface area contributed by atoms with Crippen LogP contribution in [0, 0.1) is 12.7 Å². The molecular weight excluding hydrogens is 249 g/mol. The third-order valence-electron chi connectivity index (χ3n) is 2.94. The van der Waals surface area contributed by atoms with E-state index in [1.807, 2.05) is 18.4 Å². The van der Waals surface area contributed by atoms with E-state index in [0.29, 0.717) is 6.42 Å². The third-order valence-corrected chi connectivity index (χ3v) is 3.98. The van der Waals surface area contributed by atoms with Crippen LogP contribution in [0.3, 0.4) is 0 Å². The van der Waals surface area contributed by atoms with Crippen molar-refractivity contribution in [1.29, 1.82) is 0 Å². The topological polar surface area (TPSA) is 35.2 Å². The first-order valence-electron chi connectivity index (χ1n) is 5.73. The molecule has 1 unspecified atom stereocenters. The number of thiophene rings is 1. The van der Waals surface area contributed by atoms with Crippen molar-refractivity contribution in [2.75, 3.05) is 7.11 Å². The zero-order valence-corrected chi connectivity index (χ0v) is 11.3. The third kappa shape index (κ3) is 2.89. The van der Waals surface area contributed by atoms with Crippen molar-refractivity contribution in [2.24, 2.45) is 5.73 Å². The molecule has 0 saturated heterocycles. The molecule has 96 valence electrons. The Labute approximate surface area is 110 Å². The average molecular weight is 265 g/mol. The Balaban J connectivity index is 2.13. The molecule has 1 aromatic heterocycles. The molecule has 0 bridgehead atoms. The smallest absolute Gasteiger partial charge is 0.129 e. The van der Waals surface area contributed by atoms with Gasteiger partial charge in [-0.3, -0.25) is 0 Å². The van der Waals surface area contributed by atoms with Crippen molar-refractivity contribution in [1.82, 2.24) is 0 Å². The second-order valence-corrected chi connectivity index (χ2v) is 5.21. The molecule has 18 heavy (non-hydrogen) atoms. The molecule has 2 rings (SSSR count). The molecule has 0 spiro atoms. The Morgan fingerprint density at radius 2 is 2.17 bits per heavy atom. The number of methoxy groups -OCH3 is 1. The van der Waals surface area contributed by atoms with Gasteiger partial charge >= 0.3 is 0 Å².